The maximum absolute atomic E-state index is 14.4. The van der Waals surface area contributed by atoms with Gasteiger partial charge in [0, 0.05) is 5.56 Å². The Bertz CT molecular complexity index is 1210. The zero-order valence-electron chi connectivity index (χ0n) is 23.0. The molecule has 4 rings (SSSR count). The van der Waals surface area contributed by atoms with Gasteiger partial charge in [-0.1, -0.05) is 70.3 Å². The van der Waals surface area contributed by atoms with Crippen LogP contribution in [0.4, 0.5) is 4.39 Å². The number of aliphatic imine (C=N–C) groups is 1. The van der Waals surface area contributed by atoms with E-state index in [2.05, 4.69) is 27.7 Å². The summed E-state index contributed by atoms with van der Waals surface area (Å²) < 4.78 is 19.3. The number of ether oxygens (including phenoxy) is 1. The van der Waals surface area contributed by atoms with Crippen LogP contribution in [0.5, 0.6) is 0 Å². The number of esters is 1. The van der Waals surface area contributed by atoms with Crippen molar-refractivity contribution in [3.8, 4) is 0 Å². The van der Waals surface area contributed by atoms with Crippen molar-refractivity contribution in [3.63, 3.8) is 0 Å². The van der Waals surface area contributed by atoms with Crippen molar-refractivity contribution < 1.29 is 18.7 Å². The highest BCUT2D eigenvalue weighted by Gasteiger charge is 2.52. The molecule has 7 heteroatoms. The smallest absolute Gasteiger partial charge is 0.337 e. The molecule has 1 atom stereocenters. The summed E-state index contributed by atoms with van der Waals surface area (Å²) in [5.74, 6) is -0.611. The predicted octanol–water partition coefficient (Wildman–Crippen LogP) is 7.76. The average Bonchev–Trinajstić information content (AvgIpc) is 3.17. The fraction of sp³-hybridized carbons (Fsp3) is 0.516. The highest BCUT2D eigenvalue weighted by molar-refractivity contribution is 6.47. The number of rotatable bonds is 7. The second kappa shape index (κ2) is 11.2. The largest absolute Gasteiger partial charge is 0.465 e. The number of hydrogen-bond acceptors (Lipinski definition) is 4. The number of nitrogens with zero attached hydrogens (tertiary/aromatic N) is 2. The number of halogens is 2. The molecule has 0 N–H and O–H groups in total. The van der Waals surface area contributed by atoms with Gasteiger partial charge in [-0.15, -0.1) is 0 Å². The van der Waals surface area contributed by atoms with E-state index in [9.17, 15) is 14.0 Å². The molecule has 1 amide bonds. The van der Waals surface area contributed by atoms with Crippen LogP contribution in [0, 0.1) is 17.2 Å². The quantitative estimate of drug-likeness (QED) is 0.337. The molecule has 38 heavy (non-hydrogen) atoms. The molecule has 1 spiro atoms. The van der Waals surface area contributed by atoms with Crippen LogP contribution >= 0.6 is 11.6 Å². The molecule has 1 fully saturated rings. The zero-order chi connectivity index (χ0) is 27.7. The third-order valence-electron chi connectivity index (χ3n) is 8.25. The lowest BCUT2D eigenvalue weighted by atomic mass is 9.69. The van der Waals surface area contributed by atoms with Crippen molar-refractivity contribution in [2.24, 2.45) is 16.3 Å². The monoisotopic (exact) mass is 540 g/mol. The summed E-state index contributed by atoms with van der Waals surface area (Å²) in [5.41, 5.74) is 1.65. The molecule has 1 saturated carbocycles. The Labute approximate surface area is 230 Å². The van der Waals surface area contributed by atoms with Gasteiger partial charge in [0.2, 0.25) is 0 Å². The van der Waals surface area contributed by atoms with E-state index in [4.69, 9.17) is 21.3 Å². The number of amides is 1. The minimum Gasteiger partial charge on any atom is -0.465 e. The minimum absolute atomic E-state index is 0.0172. The minimum atomic E-state index is -0.691. The Hall–Kier alpha value is -2.73. The van der Waals surface area contributed by atoms with Gasteiger partial charge in [0.25, 0.3) is 5.91 Å². The molecule has 1 unspecified atom stereocenters. The number of methoxy groups -OCH3 is 1. The molecule has 1 aliphatic carbocycles. The van der Waals surface area contributed by atoms with Crippen molar-refractivity contribution in [3.05, 3.63) is 70.0 Å². The highest BCUT2D eigenvalue weighted by atomic mass is 35.5. The number of unbranched alkanes of at least 4 members (excludes halogenated alkanes) is 1. The Morgan fingerprint density at radius 2 is 1.84 bits per heavy atom. The van der Waals surface area contributed by atoms with Crippen LogP contribution < -0.4 is 0 Å². The van der Waals surface area contributed by atoms with Crippen LogP contribution in [-0.4, -0.2) is 35.3 Å². The van der Waals surface area contributed by atoms with Gasteiger partial charge in [-0.2, -0.15) is 0 Å². The molecule has 0 saturated heterocycles. The maximum atomic E-state index is 14.4. The maximum Gasteiger partial charge on any atom is 0.337 e. The first-order valence-electron chi connectivity index (χ1n) is 13.6. The molecule has 0 bridgehead atoms. The Morgan fingerprint density at radius 3 is 2.39 bits per heavy atom. The van der Waals surface area contributed by atoms with E-state index in [-0.39, 0.29) is 22.4 Å². The first-order valence-corrected chi connectivity index (χ1v) is 14.0. The first-order chi connectivity index (χ1) is 18.0. The molecular weight excluding hydrogens is 503 g/mol. The summed E-state index contributed by atoms with van der Waals surface area (Å²) in [5, 5.41) is 0.0172. The van der Waals surface area contributed by atoms with Gasteiger partial charge in [-0.25, -0.2) is 9.18 Å². The molecular formula is C31H38ClFN2O3. The number of carbonyl (C=O) groups excluding carboxylic acids is 2. The molecule has 2 aromatic carbocycles. The molecule has 2 aromatic rings. The Balaban J connectivity index is 1.78. The van der Waals surface area contributed by atoms with Crippen LogP contribution in [0.2, 0.25) is 5.02 Å². The van der Waals surface area contributed by atoms with Crippen molar-refractivity contribution in [2.45, 2.75) is 84.3 Å². The molecule has 0 radical (unpaired) electrons. The predicted molar refractivity (Wildman–Crippen MR) is 149 cm³/mol. The Kier molecular flexibility index (Phi) is 8.32. The van der Waals surface area contributed by atoms with E-state index >= 15 is 0 Å². The first kappa shape index (κ1) is 28.3. The van der Waals surface area contributed by atoms with E-state index < -0.39 is 17.4 Å². The topological polar surface area (TPSA) is 59.0 Å². The van der Waals surface area contributed by atoms with Crippen molar-refractivity contribution in [2.75, 3.05) is 7.11 Å². The van der Waals surface area contributed by atoms with Crippen LogP contribution in [0.1, 0.15) is 100 Å². The van der Waals surface area contributed by atoms with Gasteiger partial charge in [-0.05, 0) is 73.3 Å². The third-order valence-corrected chi connectivity index (χ3v) is 8.56. The van der Waals surface area contributed by atoms with Crippen LogP contribution in [-0.2, 0) is 9.53 Å². The summed E-state index contributed by atoms with van der Waals surface area (Å²) in [6.45, 7) is 8.94. The molecule has 1 aliphatic heterocycles. The highest BCUT2D eigenvalue weighted by Crippen LogP contribution is 2.50. The lowest BCUT2D eigenvalue weighted by molar-refractivity contribution is -0.133. The van der Waals surface area contributed by atoms with Gasteiger partial charge in [-0.3, -0.25) is 9.79 Å². The normalized spacial score (nSPS) is 22.5. The van der Waals surface area contributed by atoms with E-state index in [0.29, 0.717) is 22.8 Å². The zero-order valence-corrected chi connectivity index (χ0v) is 23.8. The molecule has 2 aliphatic rings. The van der Waals surface area contributed by atoms with Crippen LogP contribution in [0.3, 0.4) is 0 Å². The lowest BCUT2D eigenvalue weighted by Gasteiger charge is -2.47. The Morgan fingerprint density at radius 1 is 1.18 bits per heavy atom. The second-order valence-electron chi connectivity index (χ2n) is 11.7. The standard InChI is InChI=1S/C31H38ClFN2O3/c1-6-7-8-26(20-9-11-21(12-10-20)29(37)38-5)35-28(36)27(22-13-14-24(32)25(33)19-22)34-31(35)17-15-23(16-18-31)30(2,3)4/h9-14,19,23,26H,6-8,15-18H2,1-5H3. The summed E-state index contributed by atoms with van der Waals surface area (Å²) >= 11 is 5.94. The fourth-order valence-electron chi connectivity index (χ4n) is 5.98. The summed E-state index contributed by atoms with van der Waals surface area (Å²) in [4.78, 5) is 33.3. The van der Waals surface area contributed by atoms with Gasteiger partial charge in [0.15, 0.2) is 0 Å². The van der Waals surface area contributed by atoms with Gasteiger partial charge >= 0.3 is 5.97 Å². The second-order valence-corrected chi connectivity index (χ2v) is 12.1. The van der Waals surface area contributed by atoms with E-state index in [0.717, 1.165) is 50.5 Å². The summed E-state index contributed by atoms with van der Waals surface area (Å²) in [6, 6.07) is 11.6. The van der Waals surface area contributed by atoms with Gasteiger partial charge in [0.1, 0.15) is 17.2 Å². The van der Waals surface area contributed by atoms with Crippen LogP contribution in [0.25, 0.3) is 0 Å². The van der Waals surface area contributed by atoms with Gasteiger partial charge < -0.3 is 9.64 Å². The van der Waals surface area contributed by atoms with Crippen molar-refractivity contribution >= 4 is 29.2 Å². The van der Waals surface area contributed by atoms with Crippen molar-refractivity contribution in [1.82, 2.24) is 4.90 Å². The van der Waals surface area contributed by atoms with E-state index in [1.54, 1.807) is 18.2 Å². The third kappa shape index (κ3) is 5.51. The lowest BCUT2D eigenvalue weighted by Crippen LogP contribution is -2.51. The molecule has 5 nitrogen and oxygen atoms in total. The van der Waals surface area contributed by atoms with Gasteiger partial charge in [0.05, 0.1) is 23.7 Å². The van der Waals surface area contributed by atoms with E-state index in [1.165, 1.54) is 19.2 Å². The number of hydrogen-bond donors (Lipinski definition) is 0. The number of benzene rings is 2. The SMILES string of the molecule is CCCCC(c1ccc(C(=O)OC)cc1)N1C(=O)C(c2ccc(Cl)c(F)c2)=NC12CCC(C(C)(C)C)CC2. The number of carbonyl (C=O) groups is 2. The van der Waals surface area contributed by atoms with E-state index in [1.807, 2.05) is 17.0 Å². The summed E-state index contributed by atoms with van der Waals surface area (Å²) in [7, 11) is 1.36. The average molecular weight is 541 g/mol. The molecule has 1 heterocycles. The fourth-order valence-corrected chi connectivity index (χ4v) is 6.09. The molecule has 204 valence electrons. The van der Waals surface area contributed by atoms with Crippen molar-refractivity contribution in [1.29, 1.82) is 0 Å². The van der Waals surface area contributed by atoms with Crippen LogP contribution in [0.15, 0.2) is 47.5 Å². The molecule has 0 aromatic heterocycles. The summed E-state index contributed by atoms with van der Waals surface area (Å²) in [6.07, 6.45) is 6.10.